The lowest BCUT2D eigenvalue weighted by Crippen LogP contribution is -2.13. The van der Waals surface area contributed by atoms with E-state index in [-0.39, 0.29) is 17.8 Å². The van der Waals surface area contributed by atoms with E-state index < -0.39 is 4.92 Å². The zero-order valence-corrected chi connectivity index (χ0v) is 7.51. The number of para-hydroxylation sites is 2. The van der Waals surface area contributed by atoms with E-state index in [0.29, 0.717) is 5.69 Å². The molecule has 1 aromatic carbocycles. The van der Waals surface area contributed by atoms with Gasteiger partial charge in [-0.1, -0.05) is 12.1 Å². The molecule has 0 aromatic heterocycles. The number of rotatable bonds is 3. The molecule has 2 unspecified atom stereocenters. The SMILES string of the molecule is NC1CC1Nc1ccccc1[N+](=O)[O-]. The second-order valence-corrected chi connectivity index (χ2v) is 3.42. The van der Waals surface area contributed by atoms with Gasteiger partial charge in [0.1, 0.15) is 5.69 Å². The summed E-state index contributed by atoms with van der Waals surface area (Å²) in [5.74, 6) is 0. The van der Waals surface area contributed by atoms with E-state index >= 15 is 0 Å². The molecule has 0 bridgehead atoms. The Balaban J connectivity index is 2.19. The molecular formula is C9H11N3O2. The monoisotopic (exact) mass is 193 g/mol. The molecule has 0 saturated heterocycles. The van der Waals surface area contributed by atoms with Crippen LogP contribution in [0.15, 0.2) is 24.3 Å². The molecule has 0 heterocycles. The second kappa shape index (κ2) is 3.26. The fourth-order valence-electron chi connectivity index (χ4n) is 1.34. The number of nitrogens with one attached hydrogen (secondary N) is 1. The Morgan fingerprint density at radius 3 is 2.71 bits per heavy atom. The smallest absolute Gasteiger partial charge is 0.292 e. The Bertz CT molecular complexity index is 367. The van der Waals surface area contributed by atoms with E-state index in [2.05, 4.69) is 5.32 Å². The molecule has 1 fully saturated rings. The molecule has 5 heteroatoms. The van der Waals surface area contributed by atoms with E-state index in [0.717, 1.165) is 6.42 Å². The lowest BCUT2D eigenvalue weighted by atomic mass is 10.2. The summed E-state index contributed by atoms with van der Waals surface area (Å²) < 4.78 is 0. The normalized spacial score (nSPS) is 24.4. The van der Waals surface area contributed by atoms with Crippen LogP contribution in [0.5, 0.6) is 0 Å². The van der Waals surface area contributed by atoms with Crippen molar-refractivity contribution in [2.75, 3.05) is 5.32 Å². The van der Waals surface area contributed by atoms with E-state index in [1.165, 1.54) is 6.07 Å². The van der Waals surface area contributed by atoms with E-state index in [1.54, 1.807) is 18.2 Å². The number of nitrogens with zero attached hydrogens (tertiary/aromatic N) is 1. The van der Waals surface area contributed by atoms with Gasteiger partial charge in [-0.2, -0.15) is 0 Å². The van der Waals surface area contributed by atoms with Crippen LogP contribution in [0.1, 0.15) is 6.42 Å². The van der Waals surface area contributed by atoms with E-state index in [1.807, 2.05) is 0 Å². The third-order valence-electron chi connectivity index (χ3n) is 2.28. The van der Waals surface area contributed by atoms with Gasteiger partial charge in [-0.15, -0.1) is 0 Å². The Labute approximate surface area is 81.1 Å². The number of hydrogen-bond acceptors (Lipinski definition) is 4. The fourth-order valence-corrected chi connectivity index (χ4v) is 1.34. The molecule has 0 aliphatic heterocycles. The lowest BCUT2D eigenvalue weighted by molar-refractivity contribution is -0.384. The minimum absolute atomic E-state index is 0.103. The predicted octanol–water partition coefficient (Wildman–Crippen LogP) is 1.11. The highest BCUT2D eigenvalue weighted by Gasteiger charge is 2.34. The van der Waals surface area contributed by atoms with Gasteiger partial charge in [0.25, 0.3) is 5.69 Å². The molecule has 2 rings (SSSR count). The number of hydrogen-bond donors (Lipinski definition) is 2. The minimum Gasteiger partial charge on any atom is -0.375 e. The summed E-state index contributed by atoms with van der Waals surface area (Å²) in [4.78, 5) is 10.2. The van der Waals surface area contributed by atoms with Crippen molar-refractivity contribution in [2.45, 2.75) is 18.5 Å². The molecule has 1 aliphatic rings. The van der Waals surface area contributed by atoms with Crippen molar-refractivity contribution in [2.24, 2.45) is 5.73 Å². The molecule has 5 nitrogen and oxygen atoms in total. The van der Waals surface area contributed by atoms with Crippen LogP contribution < -0.4 is 11.1 Å². The van der Waals surface area contributed by atoms with Crippen molar-refractivity contribution in [3.63, 3.8) is 0 Å². The number of benzene rings is 1. The molecule has 1 saturated carbocycles. The van der Waals surface area contributed by atoms with Gasteiger partial charge in [0.15, 0.2) is 0 Å². The standard InChI is InChI=1S/C9H11N3O2/c10-6-5-8(6)11-7-3-1-2-4-9(7)12(13)14/h1-4,6,8,11H,5,10H2. The van der Waals surface area contributed by atoms with Gasteiger partial charge in [0.2, 0.25) is 0 Å². The highest BCUT2D eigenvalue weighted by atomic mass is 16.6. The Kier molecular flexibility index (Phi) is 2.09. The molecule has 2 atom stereocenters. The molecular weight excluding hydrogens is 182 g/mol. The first kappa shape index (κ1) is 8.96. The van der Waals surface area contributed by atoms with Crippen LogP contribution in [0.3, 0.4) is 0 Å². The first-order valence-corrected chi connectivity index (χ1v) is 4.44. The summed E-state index contributed by atoms with van der Waals surface area (Å²) in [6.45, 7) is 0. The first-order chi connectivity index (χ1) is 6.68. The molecule has 1 aromatic rings. The molecule has 0 radical (unpaired) electrons. The fraction of sp³-hybridized carbons (Fsp3) is 0.333. The van der Waals surface area contributed by atoms with Gasteiger partial charge >= 0.3 is 0 Å². The van der Waals surface area contributed by atoms with Crippen LogP contribution in [0.2, 0.25) is 0 Å². The Hall–Kier alpha value is -1.62. The number of nitro groups is 1. The van der Waals surface area contributed by atoms with Crippen molar-refractivity contribution >= 4 is 11.4 Å². The van der Waals surface area contributed by atoms with Gasteiger partial charge in [-0.05, 0) is 12.5 Å². The molecule has 1 aliphatic carbocycles. The molecule has 3 N–H and O–H groups in total. The van der Waals surface area contributed by atoms with Crippen molar-refractivity contribution in [3.8, 4) is 0 Å². The largest absolute Gasteiger partial charge is 0.375 e. The molecule has 0 amide bonds. The van der Waals surface area contributed by atoms with Crippen LogP contribution in [0.4, 0.5) is 11.4 Å². The average Bonchev–Trinajstić information content (AvgIpc) is 2.82. The summed E-state index contributed by atoms with van der Waals surface area (Å²) >= 11 is 0. The predicted molar refractivity (Wildman–Crippen MR) is 53.1 cm³/mol. The Morgan fingerprint density at radius 1 is 1.50 bits per heavy atom. The molecule has 14 heavy (non-hydrogen) atoms. The zero-order valence-electron chi connectivity index (χ0n) is 7.51. The maximum Gasteiger partial charge on any atom is 0.292 e. The third-order valence-corrected chi connectivity index (χ3v) is 2.28. The summed E-state index contributed by atoms with van der Waals surface area (Å²) in [7, 11) is 0. The van der Waals surface area contributed by atoms with E-state index in [9.17, 15) is 10.1 Å². The summed E-state index contributed by atoms with van der Waals surface area (Å²) in [5, 5.41) is 13.7. The van der Waals surface area contributed by atoms with Crippen molar-refractivity contribution < 1.29 is 4.92 Å². The summed E-state index contributed by atoms with van der Waals surface area (Å²) in [6, 6.07) is 6.92. The van der Waals surface area contributed by atoms with Crippen LogP contribution in [-0.2, 0) is 0 Å². The van der Waals surface area contributed by atoms with Gasteiger partial charge in [0, 0.05) is 18.2 Å². The van der Waals surface area contributed by atoms with Crippen molar-refractivity contribution in [1.29, 1.82) is 0 Å². The van der Waals surface area contributed by atoms with Crippen LogP contribution in [0, 0.1) is 10.1 Å². The summed E-state index contributed by atoms with van der Waals surface area (Å²) in [5.41, 5.74) is 6.26. The van der Waals surface area contributed by atoms with E-state index in [4.69, 9.17) is 5.73 Å². The lowest BCUT2D eigenvalue weighted by Gasteiger charge is -2.04. The highest BCUT2D eigenvalue weighted by Crippen LogP contribution is 2.29. The number of anilines is 1. The summed E-state index contributed by atoms with van der Waals surface area (Å²) in [6.07, 6.45) is 0.881. The van der Waals surface area contributed by atoms with Crippen LogP contribution >= 0.6 is 0 Å². The maximum atomic E-state index is 10.6. The topological polar surface area (TPSA) is 81.2 Å². The van der Waals surface area contributed by atoms with Gasteiger partial charge in [-0.25, -0.2) is 0 Å². The second-order valence-electron chi connectivity index (χ2n) is 3.42. The van der Waals surface area contributed by atoms with Gasteiger partial charge in [-0.3, -0.25) is 10.1 Å². The van der Waals surface area contributed by atoms with Crippen LogP contribution in [-0.4, -0.2) is 17.0 Å². The minimum atomic E-state index is -0.393. The number of nitro benzene ring substituents is 1. The average molecular weight is 193 g/mol. The first-order valence-electron chi connectivity index (χ1n) is 4.44. The zero-order chi connectivity index (χ0) is 10.1. The number of nitrogens with two attached hydrogens (primary N) is 1. The maximum absolute atomic E-state index is 10.6. The van der Waals surface area contributed by atoms with Crippen molar-refractivity contribution in [3.05, 3.63) is 34.4 Å². The Morgan fingerprint density at radius 2 is 2.14 bits per heavy atom. The van der Waals surface area contributed by atoms with Gasteiger partial charge in [0.05, 0.1) is 4.92 Å². The van der Waals surface area contributed by atoms with Crippen LogP contribution in [0.25, 0.3) is 0 Å². The van der Waals surface area contributed by atoms with Crippen molar-refractivity contribution in [1.82, 2.24) is 0 Å². The molecule has 74 valence electrons. The highest BCUT2D eigenvalue weighted by molar-refractivity contribution is 5.62. The third kappa shape index (κ3) is 1.67. The van der Waals surface area contributed by atoms with Gasteiger partial charge < -0.3 is 11.1 Å². The quantitative estimate of drug-likeness (QED) is 0.556. The molecule has 0 spiro atoms.